The Hall–Kier alpha value is -1.13. The second-order valence-corrected chi connectivity index (χ2v) is 4.29. The first-order valence-corrected chi connectivity index (χ1v) is 6.26. The van der Waals surface area contributed by atoms with Crippen LogP contribution in [0.2, 0.25) is 0 Å². The van der Waals surface area contributed by atoms with Gasteiger partial charge >= 0.3 is 0 Å². The number of hydrogen-bond acceptors (Lipinski definition) is 3. The molecule has 4 nitrogen and oxygen atoms in total. The Balaban J connectivity index is 0.00000162. The first-order valence-electron chi connectivity index (χ1n) is 6.26. The van der Waals surface area contributed by atoms with Crippen LogP contribution in [0.15, 0.2) is 24.4 Å². The highest BCUT2D eigenvalue weighted by molar-refractivity contribution is 5.92. The van der Waals surface area contributed by atoms with E-state index in [2.05, 4.69) is 10.3 Å². The van der Waals surface area contributed by atoms with E-state index >= 15 is 0 Å². The van der Waals surface area contributed by atoms with Gasteiger partial charge in [0.2, 0.25) is 5.91 Å². The second-order valence-electron chi connectivity index (χ2n) is 4.29. The topological polar surface area (TPSA) is 45.2 Å². The van der Waals surface area contributed by atoms with E-state index in [0.29, 0.717) is 12.5 Å². The molecule has 0 aromatic carbocycles. The highest BCUT2D eigenvalue weighted by Gasteiger charge is 2.26. The molecule has 1 aliphatic heterocycles. The molecule has 1 amide bonds. The minimum Gasteiger partial charge on any atom is -0.317 e. The molecule has 2 heterocycles. The summed E-state index contributed by atoms with van der Waals surface area (Å²) < 4.78 is 0. The predicted molar refractivity (Wildman–Crippen MR) is 75.2 cm³/mol. The Morgan fingerprint density at radius 2 is 2.17 bits per heavy atom. The Labute approximate surface area is 114 Å². The zero-order chi connectivity index (χ0) is 12.1. The molecule has 0 aliphatic carbocycles. The summed E-state index contributed by atoms with van der Waals surface area (Å²) in [7, 11) is 0. The van der Waals surface area contributed by atoms with Crippen LogP contribution >= 0.6 is 12.4 Å². The average Bonchev–Trinajstić information content (AvgIpc) is 2.41. The molecule has 0 saturated carbocycles. The minimum absolute atomic E-state index is 0. The standard InChI is InChI=1S/C13H19N3O.ClH/c1-2-13(17)16(11-6-9-14-10-7-11)12-5-3-4-8-15-12;/h3-5,8,11,14H,2,6-7,9-10H2,1H3;1H. The molecule has 1 saturated heterocycles. The van der Waals surface area contributed by atoms with Gasteiger partial charge in [-0.05, 0) is 38.1 Å². The van der Waals surface area contributed by atoms with Crippen LogP contribution in [0.25, 0.3) is 0 Å². The van der Waals surface area contributed by atoms with E-state index in [1.54, 1.807) is 6.20 Å². The molecular weight excluding hydrogens is 250 g/mol. The number of nitrogens with zero attached hydrogens (tertiary/aromatic N) is 2. The van der Waals surface area contributed by atoms with Crippen LogP contribution in [0.1, 0.15) is 26.2 Å². The lowest BCUT2D eigenvalue weighted by Gasteiger charge is -2.33. The summed E-state index contributed by atoms with van der Waals surface area (Å²) in [6.07, 6.45) is 4.28. The summed E-state index contributed by atoms with van der Waals surface area (Å²) in [5, 5.41) is 3.32. The monoisotopic (exact) mass is 269 g/mol. The van der Waals surface area contributed by atoms with Gasteiger partial charge < -0.3 is 5.32 Å². The third kappa shape index (κ3) is 3.43. The van der Waals surface area contributed by atoms with E-state index in [0.717, 1.165) is 31.7 Å². The maximum Gasteiger partial charge on any atom is 0.228 e. The van der Waals surface area contributed by atoms with Gasteiger partial charge in [0, 0.05) is 18.7 Å². The third-order valence-electron chi connectivity index (χ3n) is 3.14. The van der Waals surface area contributed by atoms with Gasteiger partial charge in [-0.2, -0.15) is 0 Å². The predicted octanol–water partition coefficient (Wildman–Crippen LogP) is 2.00. The van der Waals surface area contributed by atoms with Crippen molar-refractivity contribution in [2.45, 2.75) is 32.2 Å². The highest BCUT2D eigenvalue weighted by Crippen LogP contribution is 2.20. The molecule has 18 heavy (non-hydrogen) atoms. The number of aromatic nitrogens is 1. The maximum atomic E-state index is 12.1. The Bertz CT molecular complexity index is 366. The van der Waals surface area contributed by atoms with Gasteiger partial charge in [-0.1, -0.05) is 13.0 Å². The molecule has 1 aromatic heterocycles. The minimum atomic E-state index is 0. The summed E-state index contributed by atoms with van der Waals surface area (Å²) >= 11 is 0. The number of anilines is 1. The van der Waals surface area contributed by atoms with Gasteiger partial charge in [0.05, 0.1) is 0 Å². The zero-order valence-electron chi connectivity index (χ0n) is 10.6. The highest BCUT2D eigenvalue weighted by atomic mass is 35.5. The summed E-state index contributed by atoms with van der Waals surface area (Å²) in [5.41, 5.74) is 0. The quantitative estimate of drug-likeness (QED) is 0.913. The number of hydrogen-bond donors (Lipinski definition) is 1. The molecule has 1 N–H and O–H groups in total. The fourth-order valence-corrected chi connectivity index (χ4v) is 2.25. The van der Waals surface area contributed by atoms with E-state index in [1.165, 1.54) is 0 Å². The van der Waals surface area contributed by atoms with Crippen LogP contribution in [-0.2, 0) is 4.79 Å². The molecule has 0 atom stereocenters. The molecule has 0 unspecified atom stereocenters. The SMILES string of the molecule is CCC(=O)N(c1ccccn1)C1CCNCC1.Cl. The number of halogens is 1. The normalized spacial score (nSPS) is 15.8. The number of amides is 1. The number of piperidine rings is 1. The van der Waals surface area contributed by atoms with Crippen molar-refractivity contribution in [3.05, 3.63) is 24.4 Å². The van der Waals surface area contributed by atoms with E-state index < -0.39 is 0 Å². The van der Waals surface area contributed by atoms with E-state index in [1.807, 2.05) is 30.0 Å². The van der Waals surface area contributed by atoms with Gasteiger partial charge in [0.1, 0.15) is 5.82 Å². The molecule has 100 valence electrons. The van der Waals surface area contributed by atoms with Gasteiger partial charge in [0.15, 0.2) is 0 Å². The van der Waals surface area contributed by atoms with Crippen LogP contribution in [0.4, 0.5) is 5.82 Å². The first kappa shape index (κ1) is 14.9. The molecule has 1 aromatic rings. The van der Waals surface area contributed by atoms with Crippen LogP contribution in [0.5, 0.6) is 0 Å². The smallest absolute Gasteiger partial charge is 0.228 e. The molecule has 1 fully saturated rings. The van der Waals surface area contributed by atoms with Crippen molar-refractivity contribution in [1.82, 2.24) is 10.3 Å². The second kappa shape index (κ2) is 7.34. The number of carbonyl (C=O) groups is 1. The van der Waals surface area contributed by atoms with Crippen molar-refractivity contribution in [2.24, 2.45) is 0 Å². The van der Waals surface area contributed by atoms with E-state index in [9.17, 15) is 4.79 Å². The van der Waals surface area contributed by atoms with Crippen molar-refractivity contribution in [1.29, 1.82) is 0 Å². The number of pyridine rings is 1. The zero-order valence-corrected chi connectivity index (χ0v) is 11.4. The number of rotatable bonds is 3. The molecule has 0 bridgehead atoms. The Kier molecular flexibility index (Phi) is 6.09. The fourth-order valence-electron chi connectivity index (χ4n) is 2.25. The lowest BCUT2D eigenvalue weighted by Crippen LogP contribution is -2.46. The number of carbonyl (C=O) groups excluding carboxylic acids is 1. The summed E-state index contributed by atoms with van der Waals surface area (Å²) in [5.74, 6) is 0.946. The Morgan fingerprint density at radius 1 is 1.44 bits per heavy atom. The van der Waals surface area contributed by atoms with E-state index in [-0.39, 0.29) is 18.3 Å². The summed E-state index contributed by atoms with van der Waals surface area (Å²) in [6.45, 7) is 3.86. The lowest BCUT2D eigenvalue weighted by atomic mass is 10.0. The molecule has 2 rings (SSSR count). The molecular formula is C13H20ClN3O. The Morgan fingerprint density at radius 3 is 2.72 bits per heavy atom. The van der Waals surface area contributed by atoms with Gasteiger partial charge in [0.25, 0.3) is 0 Å². The fraction of sp³-hybridized carbons (Fsp3) is 0.538. The van der Waals surface area contributed by atoms with Crippen molar-refractivity contribution >= 4 is 24.1 Å². The van der Waals surface area contributed by atoms with Crippen molar-refractivity contribution < 1.29 is 4.79 Å². The van der Waals surface area contributed by atoms with Crippen LogP contribution in [0, 0.1) is 0 Å². The first-order chi connectivity index (χ1) is 8.33. The molecule has 0 radical (unpaired) electrons. The van der Waals surface area contributed by atoms with Crippen molar-refractivity contribution in [2.75, 3.05) is 18.0 Å². The number of nitrogens with one attached hydrogen (secondary N) is 1. The van der Waals surface area contributed by atoms with Crippen LogP contribution < -0.4 is 10.2 Å². The summed E-state index contributed by atoms with van der Waals surface area (Å²) in [4.78, 5) is 18.3. The van der Waals surface area contributed by atoms with Crippen LogP contribution in [0.3, 0.4) is 0 Å². The van der Waals surface area contributed by atoms with Crippen LogP contribution in [-0.4, -0.2) is 30.0 Å². The maximum absolute atomic E-state index is 12.1. The molecule has 1 aliphatic rings. The van der Waals surface area contributed by atoms with Crippen molar-refractivity contribution in [3.8, 4) is 0 Å². The largest absolute Gasteiger partial charge is 0.317 e. The van der Waals surface area contributed by atoms with Gasteiger partial charge in [-0.15, -0.1) is 12.4 Å². The molecule has 5 heteroatoms. The van der Waals surface area contributed by atoms with Gasteiger partial charge in [-0.25, -0.2) is 4.98 Å². The third-order valence-corrected chi connectivity index (χ3v) is 3.14. The molecule has 0 spiro atoms. The van der Waals surface area contributed by atoms with Crippen molar-refractivity contribution in [3.63, 3.8) is 0 Å². The lowest BCUT2D eigenvalue weighted by molar-refractivity contribution is -0.118. The summed E-state index contributed by atoms with van der Waals surface area (Å²) in [6, 6.07) is 6.01. The van der Waals surface area contributed by atoms with Gasteiger partial charge in [-0.3, -0.25) is 9.69 Å². The van der Waals surface area contributed by atoms with E-state index in [4.69, 9.17) is 0 Å². The average molecular weight is 270 g/mol.